The van der Waals surface area contributed by atoms with Gasteiger partial charge in [-0.05, 0) is 45.4 Å². The predicted molar refractivity (Wildman–Crippen MR) is 88.8 cm³/mol. The van der Waals surface area contributed by atoms with Crippen LogP contribution in [-0.2, 0) is 19.1 Å². The first-order chi connectivity index (χ1) is 11.1. The van der Waals surface area contributed by atoms with E-state index in [2.05, 4.69) is 6.58 Å². The Hall–Kier alpha value is -1.32. The number of ether oxygens (including phenoxy) is 2. The molecular weight excluding hydrogens is 292 g/mol. The van der Waals surface area contributed by atoms with Crippen LogP contribution in [-0.4, -0.2) is 24.6 Å². The van der Waals surface area contributed by atoms with E-state index in [4.69, 9.17) is 9.47 Å². The van der Waals surface area contributed by atoms with Crippen LogP contribution in [0.3, 0.4) is 0 Å². The van der Waals surface area contributed by atoms with Crippen molar-refractivity contribution in [2.75, 3.05) is 6.61 Å². The minimum Gasteiger partial charge on any atom is -0.465 e. The lowest BCUT2D eigenvalue weighted by molar-refractivity contribution is -0.167. The molecule has 130 valence electrons. The van der Waals surface area contributed by atoms with Crippen molar-refractivity contribution in [3.63, 3.8) is 0 Å². The minimum absolute atomic E-state index is 0.0539. The van der Waals surface area contributed by atoms with Crippen LogP contribution >= 0.6 is 0 Å². The predicted octanol–water partition coefficient (Wildman–Crippen LogP) is 4.18. The number of esters is 2. The Kier molecular flexibility index (Phi) is 7.13. The molecule has 0 aromatic rings. The zero-order chi connectivity index (χ0) is 16.7. The highest BCUT2D eigenvalue weighted by atomic mass is 16.5. The van der Waals surface area contributed by atoms with Crippen LogP contribution in [0.1, 0.15) is 71.1 Å². The molecule has 0 radical (unpaired) electrons. The minimum atomic E-state index is -0.329. The van der Waals surface area contributed by atoms with Gasteiger partial charge in [-0.2, -0.15) is 0 Å². The average Bonchev–Trinajstić information content (AvgIpc) is 2.55. The van der Waals surface area contributed by atoms with E-state index in [1.54, 1.807) is 0 Å². The fourth-order valence-electron chi connectivity index (χ4n) is 3.56. The van der Waals surface area contributed by atoms with Gasteiger partial charge in [0.05, 0.1) is 18.4 Å². The van der Waals surface area contributed by atoms with Gasteiger partial charge in [0, 0.05) is 6.42 Å². The lowest BCUT2D eigenvalue weighted by Gasteiger charge is -2.30. The highest BCUT2D eigenvalue weighted by Crippen LogP contribution is 2.33. The van der Waals surface area contributed by atoms with E-state index in [1.807, 2.05) is 6.92 Å². The first kappa shape index (κ1) is 18.0. The molecule has 0 saturated heterocycles. The molecule has 0 aliphatic heterocycles. The van der Waals surface area contributed by atoms with Crippen molar-refractivity contribution >= 4 is 11.9 Å². The normalized spacial score (nSPS) is 25.6. The van der Waals surface area contributed by atoms with Crippen LogP contribution in [0.4, 0.5) is 0 Å². The lowest BCUT2D eigenvalue weighted by atomic mass is 9.79. The summed E-state index contributed by atoms with van der Waals surface area (Å²) < 4.78 is 11.0. The zero-order valence-electron chi connectivity index (χ0n) is 14.4. The van der Waals surface area contributed by atoms with Gasteiger partial charge in [0.25, 0.3) is 0 Å². The second-order valence-corrected chi connectivity index (χ2v) is 7.07. The molecule has 2 atom stereocenters. The Bertz CT molecular complexity index is 423. The van der Waals surface area contributed by atoms with Crippen LogP contribution in [0.25, 0.3) is 0 Å². The van der Waals surface area contributed by atoms with Crippen molar-refractivity contribution in [2.24, 2.45) is 11.8 Å². The Balaban J connectivity index is 1.87. The monoisotopic (exact) mass is 322 g/mol. The maximum Gasteiger partial charge on any atom is 0.310 e. The Labute approximate surface area is 139 Å². The average molecular weight is 322 g/mol. The zero-order valence-corrected chi connectivity index (χ0v) is 14.4. The van der Waals surface area contributed by atoms with E-state index in [0.717, 1.165) is 56.9 Å². The third kappa shape index (κ3) is 5.67. The summed E-state index contributed by atoms with van der Waals surface area (Å²) in [6.45, 7) is 6.08. The first-order valence-electron chi connectivity index (χ1n) is 9.09. The molecule has 0 amide bonds. The van der Waals surface area contributed by atoms with Crippen LogP contribution in [0, 0.1) is 11.8 Å². The maximum atomic E-state index is 12.5. The van der Waals surface area contributed by atoms with Gasteiger partial charge in [0.15, 0.2) is 0 Å². The number of rotatable bonds is 6. The van der Waals surface area contributed by atoms with Crippen molar-refractivity contribution in [1.29, 1.82) is 0 Å². The molecule has 0 spiro atoms. The molecule has 0 N–H and O–H groups in total. The molecule has 23 heavy (non-hydrogen) atoms. The molecule has 2 aliphatic carbocycles. The maximum absolute atomic E-state index is 12.5. The van der Waals surface area contributed by atoms with Gasteiger partial charge in [-0.25, -0.2) is 0 Å². The second-order valence-electron chi connectivity index (χ2n) is 7.07. The van der Waals surface area contributed by atoms with Crippen LogP contribution in [0.15, 0.2) is 12.2 Å². The number of hydrogen-bond donors (Lipinski definition) is 0. The third-order valence-electron chi connectivity index (χ3n) is 4.98. The number of hydrogen-bond acceptors (Lipinski definition) is 4. The van der Waals surface area contributed by atoms with E-state index in [0.29, 0.717) is 13.0 Å². The van der Waals surface area contributed by atoms with Gasteiger partial charge >= 0.3 is 11.9 Å². The fourth-order valence-corrected chi connectivity index (χ4v) is 3.56. The van der Waals surface area contributed by atoms with Crippen LogP contribution < -0.4 is 0 Å². The van der Waals surface area contributed by atoms with Crippen LogP contribution in [0.2, 0.25) is 0 Å². The molecule has 4 heteroatoms. The second kappa shape index (κ2) is 9.09. The summed E-state index contributed by atoms with van der Waals surface area (Å²) in [4.78, 5) is 24.8. The SMILES string of the molecule is C=C(C)CCOC(=O)C1CCCCC1C(=O)OC1CCCCC1. The smallest absolute Gasteiger partial charge is 0.310 e. The summed E-state index contributed by atoms with van der Waals surface area (Å²) in [6.07, 6.45) is 9.60. The summed E-state index contributed by atoms with van der Waals surface area (Å²) in [5, 5.41) is 0. The quantitative estimate of drug-likeness (QED) is 0.544. The van der Waals surface area contributed by atoms with Gasteiger partial charge in [0.1, 0.15) is 6.10 Å². The third-order valence-corrected chi connectivity index (χ3v) is 4.98. The molecule has 2 fully saturated rings. The summed E-state index contributed by atoms with van der Waals surface area (Å²) in [7, 11) is 0. The van der Waals surface area contributed by atoms with E-state index in [1.165, 1.54) is 6.42 Å². The summed E-state index contributed by atoms with van der Waals surface area (Å²) in [5.74, 6) is -1.07. The van der Waals surface area contributed by atoms with E-state index >= 15 is 0 Å². The van der Waals surface area contributed by atoms with Gasteiger partial charge in [0.2, 0.25) is 0 Å². The molecule has 2 aliphatic rings. The lowest BCUT2D eigenvalue weighted by Crippen LogP contribution is -2.37. The highest BCUT2D eigenvalue weighted by molar-refractivity contribution is 5.82. The van der Waals surface area contributed by atoms with E-state index < -0.39 is 0 Å². The summed E-state index contributed by atoms with van der Waals surface area (Å²) >= 11 is 0. The Morgan fingerprint density at radius 3 is 2.09 bits per heavy atom. The number of carbonyl (C=O) groups is 2. The fraction of sp³-hybridized carbons (Fsp3) is 0.789. The van der Waals surface area contributed by atoms with Crippen molar-refractivity contribution in [2.45, 2.75) is 77.2 Å². The van der Waals surface area contributed by atoms with Crippen molar-refractivity contribution < 1.29 is 19.1 Å². The topological polar surface area (TPSA) is 52.6 Å². The molecule has 2 unspecified atom stereocenters. The molecule has 0 aromatic heterocycles. The summed E-state index contributed by atoms with van der Waals surface area (Å²) in [5.41, 5.74) is 0.995. The number of carbonyl (C=O) groups excluding carboxylic acids is 2. The van der Waals surface area contributed by atoms with Crippen LogP contribution in [0.5, 0.6) is 0 Å². The van der Waals surface area contributed by atoms with Gasteiger partial charge < -0.3 is 9.47 Å². The highest BCUT2D eigenvalue weighted by Gasteiger charge is 2.38. The molecule has 2 rings (SSSR count). The molecule has 4 nitrogen and oxygen atoms in total. The molecule has 0 aromatic carbocycles. The van der Waals surface area contributed by atoms with Crippen molar-refractivity contribution in [3.05, 3.63) is 12.2 Å². The first-order valence-corrected chi connectivity index (χ1v) is 9.09. The van der Waals surface area contributed by atoms with Gasteiger partial charge in [-0.15, -0.1) is 6.58 Å². The van der Waals surface area contributed by atoms with E-state index in [-0.39, 0.29) is 29.9 Å². The van der Waals surface area contributed by atoms with Crippen molar-refractivity contribution in [1.82, 2.24) is 0 Å². The molecule has 0 heterocycles. The standard InChI is InChI=1S/C19H30O4/c1-14(2)12-13-22-18(20)16-10-6-7-11-17(16)19(21)23-15-8-4-3-5-9-15/h15-17H,1,3-13H2,2H3. The largest absolute Gasteiger partial charge is 0.465 e. The molecule has 2 saturated carbocycles. The summed E-state index contributed by atoms with van der Waals surface area (Å²) in [6, 6.07) is 0. The van der Waals surface area contributed by atoms with Gasteiger partial charge in [-0.1, -0.05) is 24.8 Å². The molecule has 0 bridgehead atoms. The Morgan fingerprint density at radius 1 is 0.913 bits per heavy atom. The van der Waals surface area contributed by atoms with Crippen molar-refractivity contribution in [3.8, 4) is 0 Å². The van der Waals surface area contributed by atoms with Gasteiger partial charge in [-0.3, -0.25) is 9.59 Å². The Morgan fingerprint density at radius 2 is 1.48 bits per heavy atom. The van der Waals surface area contributed by atoms with E-state index in [9.17, 15) is 9.59 Å². The molecular formula is C19H30O4.